The third-order valence-electron chi connectivity index (χ3n) is 6.38. The van der Waals surface area contributed by atoms with Crippen molar-refractivity contribution in [2.75, 3.05) is 36.4 Å². The quantitative estimate of drug-likeness (QED) is 0.429. The number of aromatic nitrogens is 2. The summed E-state index contributed by atoms with van der Waals surface area (Å²) in [6.45, 7) is 2.44. The first-order valence-electron chi connectivity index (χ1n) is 12.0. The van der Waals surface area contributed by atoms with Gasteiger partial charge in [-0.1, -0.05) is 29.8 Å². The molecule has 0 unspecified atom stereocenters. The summed E-state index contributed by atoms with van der Waals surface area (Å²) in [7, 11) is 0. The maximum atomic E-state index is 13.6. The van der Waals surface area contributed by atoms with Crippen LogP contribution in [0.15, 0.2) is 54.7 Å². The molecule has 1 aliphatic heterocycles. The third-order valence-corrected chi connectivity index (χ3v) is 6.67. The first kappa shape index (κ1) is 24.7. The molecule has 0 atom stereocenters. The van der Waals surface area contributed by atoms with Crippen LogP contribution in [0.25, 0.3) is 17.2 Å². The van der Waals surface area contributed by atoms with Crippen molar-refractivity contribution in [2.45, 2.75) is 12.8 Å². The van der Waals surface area contributed by atoms with Crippen molar-refractivity contribution in [3.8, 4) is 11.1 Å². The van der Waals surface area contributed by atoms with Crippen LogP contribution in [0.2, 0.25) is 5.02 Å². The van der Waals surface area contributed by atoms with Crippen molar-refractivity contribution in [3.63, 3.8) is 0 Å². The second-order valence-electron chi connectivity index (χ2n) is 9.07. The number of nitrogens with zero attached hydrogens (tertiary/aromatic N) is 4. The second-order valence-corrected chi connectivity index (χ2v) is 9.48. The van der Waals surface area contributed by atoms with Gasteiger partial charge in [0.2, 0.25) is 11.9 Å². The number of anilines is 3. The van der Waals surface area contributed by atoms with Crippen LogP contribution in [0.1, 0.15) is 18.4 Å². The van der Waals surface area contributed by atoms with Gasteiger partial charge in [0.05, 0.1) is 5.02 Å². The van der Waals surface area contributed by atoms with Crippen molar-refractivity contribution >= 4 is 47.0 Å². The normalized spacial score (nSPS) is 15.7. The molecule has 2 aromatic carbocycles. The number of carbonyl (C=O) groups excluding carboxylic acids is 1. The monoisotopic (exact) mass is 521 g/mol. The predicted octanol–water partition coefficient (Wildman–Crippen LogP) is 4.84. The molecule has 2 aliphatic rings. The van der Waals surface area contributed by atoms with Crippen molar-refractivity contribution < 1.29 is 19.1 Å². The van der Waals surface area contributed by atoms with Gasteiger partial charge in [-0.3, -0.25) is 4.79 Å². The Kier molecular flexibility index (Phi) is 7.05. The van der Waals surface area contributed by atoms with Crippen LogP contribution in [-0.4, -0.2) is 58.0 Å². The predicted molar refractivity (Wildman–Crippen MR) is 140 cm³/mol. The molecule has 1 aromatic heterocycles. The van der Waals surface area contributed by atoms with Crippen molar-refractivity contribution in [1.82, 2.24) is 14.9 Å². The smallest absolute Gasteiger partial charge is 0.328 e. The van der Waals surface area contributed by atoms with Gasteiger partial charge in [0, 0.05) is 55.6 Å². The largest absolute Gasteiger partial charge is 0.478 e. The van der Waals surface area contributed by atoms with Crippen LogP contribution in [0, 0.1) is 11.7 Å². The number of carboxylic acids is 1. The number of benzene rings is 2. The minimum absolute atomic E-state index is 0.00970. The molecule has 2 N–H and O–H groups in total. The Morgan fingerprint density at radius 2 is 1.89 bits per heavy atom. The number of amides is 1. The van der Waals surface area contributed by atoms with Crippen LogP contribution in [0.5, 0.6) is 0 Å². The zero-order valence-corrected chi connectivity index (χ0v) is 20.7. The van der Waals surface area contributed by atoms with Crippen molar-refractivity contribution in [2.24, 2.45) is 5.92 Å². The number of carboxylic acid groups (broad SMARTS) is 1. The van der Waals surface area contributed by atoms with E-state index in [1.165, 1.54) is 18.2 Å². The molecule has 2 fully saturated rings. The van der Waals surface area contributed by atoms with Gasteiger partial charge in [-0.15, -0.1) is 0 Å². The van der Waals surface area contributed by atoms with Crippen molar-refractivity contribution in [3.05, 3.63) is 71.1 Å². The van der Waals surface area contributed by atoms with Gasteiger partial charge in [0.25, 0.3) is 0 Å². The molecule has 10 heteroatoms. The van der Waals surface area contributed by atoms with E-state index in [-0.39, 0.29) is 16.8 Å². The van der Waals surface area contributed by atoms with E-state index in [9.17, 15) is 14.0 Å². The molecule has 1 amide bonds. The lowest BCUT2D eigenvalue weighted by Crippen LogP contribution is -2.49. The van der Waals surface area contributed by atoms with Gasteiger partial charge in [0.1, 0.15) is 11.6 Å². The molecule has 5 rings (SSSR count). The Balaban J connectivity index is 1.46. The zero-order valence-electron chi connectivity index (χ0n) is 19.9. The van der Waals surface area contributed by atoms with Crippen LogP contribution < -0.4 is 10.2 Å². The van der Waals surface area contributed by atoms with Gasteiger partial charge in [-0.05, 0) is 54.3 Å². The molecule has 1 saturated heterocycles. The van der Waals surface area contributed by atoms with E-state index in [0.29, 0.717) is 43.6 Å². The Bertz CT molecular complexity index is 1370. The molecule has 3 aromatic rings. The molecule has 0 spiro atoms. The molecule has 190 valence electrons. The highest BCUT2D eigenvalue weighted by Gasteiger charge is 2.35. The fourth-order valence-electron chi connectivity index (χ4n) is 4.29. The van der Waals surface area contributed by atoms with Gasteiger partial charge in [-0.25, -0.2) is 14.2 Å². The summed E-state index contributed by atoms with van der Waals surface area (Å²) in [6, 6.07) is 11.8. The topological polar surface area (TPSA) is 98.7 Å². The summed E-state index contributed by atoms with van der Waals surface area (Å²) in [5.74, 6) is -0.121. The fraction of sp³-hybridized carbons (Fsp3) is 0.259. The number of hydrogen-bond acceptors (Lipinski definition) is 6. The number of hydrogen-bond donors (Lipinski definition) is 2. The number of piperazine rings is 1. The summed E-state index contributed by atoms with van der Waals surface area (Å²) in [5, 5.41) is 12.1. The highest BCUT2D eigenvalue weighted by atomic mass is 35.5. The van der Waals surface area contributed by atoms with E-state index >= 15 is 0 Å². The maximum Gasteiger partial charge on any atom is 0.328 e. The van der Waals surface area contributed by atoms with Crippen LogP contribution in [0.3, 0.4) is 0 Å². The summed E-state index contributed by atoms with van der Waals surface area (Å²) in [5.41, 5.74) is 2.88. The number of nitrogens with one attached hydrogen (secondary N) is 1. The summed E-state index contributed by atoms with van der Waals surface area (Å²) in [6.07, 6.45) is 6.28. The third kappa shape index (κ3) is 5.89. The number of aliphatic carboxylic acids is 1. The fourth-order valence-corrected chi connectivity index (χ4v) is 4.47. The van der Waals surface area contributed by atoms with E-state index in [1.54, 1.807) is 12.3 Å². The van der Waals surface area contributed by atoms with E-state index < -0.39 is 11.8 Å². The molecule has 37 heavy (non-hydrogen) atoms. The molecule has 2 heterocycles. The number of halogens is 2. The van der Waals surface area contributed by atoms with Crippen LogP contribution in [0.4, 0.5) is 21.8 Å². The minimum Gasteiger partial charge on any atom is -0.478 e. The summed E-state index contributed by atoms with van der Waals surface area (Å²) >= 11 is 5.93. The average molecular weight is 522 g/mol. The standard InChI is InChI=1S/C27H25ClFN5O3/c28-22-15-20(7-8-23(22)29)31-27-30-16-21(19-3-1-2-17(14-19)4-9-24(35)36)25(32-27)33-10-12-34(13-11-33)26(37)18-5-6-18/h1-4,7-9,14-16,18H,5-6,10-13H2,(H,35,36)(H,30,31,32)/b9-4+. The SMILES string of the molecule is O=C(O)/C=C/c1cccc(-c2cnc(Nc3ccc(F)c(Cl)c3)nc2N2CCN(C(=O)C3CC3)CC2)c1. The van der Waals surface area contributed by atoms with Gasteiger partial charge >= 0.3 is 5.97 Å². The lowest BCUT2D eigenvalue weighted by molar-refractivity contribution is -0.133. The second kappa shape index (κ2) is 10.6. The Hall–Kier alpha value is -3.98. The van der Waals surface area contributed by atoms with Crippen LogP contribution in [-0.2, 0) is 9.59 Å². The highest BCUT2D eigenvalue weighted by Crippen LogP contribution is 2.34. The highest BCUT2D eigenvalue weighted by molar-refractivity contribution is 6.31. The van der Waals surface area contributed by atoms with Gasteiger partial charge < -0.3 is 20.2 Å². The first-order valence-corrected chi connectivity index (χ1v) is 12.4. The zero-order chi connectivity index (χ0) is 25.9. The lowest BCUT2D eigenvalue weighted by Gasteiger charge is -2.36. The van der Waals surface area contributed by atoms with Gasteiger partial charge in [-0.2, -0.15) is 4.98 Å². The Labute approximate surface area is 218 Å². The molecule has 0 bridgehead atoms. The van der Waals surface area contributed by atoms with E-state index in [1.807, 2.05) is 29.2 Å². The number of rotatable bonds is 7. The number of carbonyl (C=O) groups is 2. The summed E-state index contributed by atoms with van der Waals surface area (Å²) in [4.78, 5) is 36.8. The molecule has 1 aliphatic carbocycles. The average Bonchev–Trinajstić information content (AvgIpc) is 3.75. The Morgan fingerprint density at radius 1 is 1.11 bits per heavy atom. The molecule has 0 radical (unpaired) electrons. The van der Waals surface area contributed by atoms with E-state index in [0.717, 1.165) is 35.6 Å². The van der Waals surface area contributed by atoms with E-state index in [4.69, 9.17) is 21.7 Å². The van der Waals surface area contributed by atoms with Crippen molar-refractivity contribution in [1.29, 1.82) is 0 Å². The molecule has 8 nitrogen and oxygen atoms in total. The lowest BCUT2D eigenvalue weighted by atomic mass is 10.0. The van der Waals surface area contributed by atoms with E-state index in [2.05, 4.69) is 15.2 Å². The van der Waals surface area contributed by atoms with Gasteiger partial charge in [0.15, 0.2) is 0 Å². The Morgan fingerprint density at radius 3 is 2.59 bits per heavy atom. The van der Waals surface area contributed by atoms with Crippen LogP contribution >= 0.6 is 11.6 Å². The molecule has 1 saturated carbocycles. The summed E-state index contributed by atoms with van der Waals surface area (Å²) < 4.78 is 13.6. The maximum absolute atomic E-state index is 13.6. The molecular formula is C27H25ClFN5O3. The first-order chi connectivity index (χ1) is 17.9. The minimum atomic E-state index is -1.02. The molecular weight excluding hydrogens is 497 g/mol.